The minimum atomic E-state index is -3.17. The third kappa shape index (κ3) is 4.90. The fourth-order valence-corrected chi connectivity index (χ4v) is 4.41. The highest BCUT2D eigenvalue weighted by Crippen LogP contribution is 2.24. The number of hydrogen-bond donors (Lipinski definition) is 1. The summed E-state index contributed by atoms with van der Waals surface area (Å²) in [6.45, 7) is 4.68. The molecule has 1 aromatic heterocycles. The molecule has 2 aromatic rings. The van der Waals surface area contributed by atoms with Crippen molar-refractivity contribution in [3.63, 3.8) is 0 Å². The number of nitrogens with zero attached hydrogens (tertiary/aromatic N) is 3. The summed E-state index contributed by atoms with van der Waals surface area (Å²) in [6.07, 6.45) is 7.04. The van der Waals surface area contributed by atoms with Crippen LogP contribution in [0.4, 0.5) is 0 Å². The number of nitrogens with one attached hydrogen (secondary N) is 1. The summed E-state index contributed by atoms with van der Waals surface area (Å²) in [5.74, 6) is 0.378. The van der Waals surface area contributed by atoms with Crippen LogP contribution in [0.1, 0.15) is 25.3 Å². The van der Waals surface area contributed by atoms with Gasteiger partial charge in [-0.1, -0.05) is 25.5 Å². The van der Waals surface area contributed by atoms with E-state index >= 15 is 0 Å². The molecule has 2 atom stereocenters. The summed E-state index contributed by atoms with van der Waals surface area (Å²) >= 11 is 0. The van der Waals surface area contributed by atoms with Crippen LogP contribution in [-0.2, 0) is 16.6 Å². The van der Waals surface area contributed by atoms with Crippen LogP contribution >= 0.6 is 0 Å². The molecule has 1 saturated heterocycles. The van der Waals surface area contributed by atoms with E-state index in [-0.39, 0.29) is 6.04 Å². The summed E-state index contributed by atoms with van der Waals surface area (Å²) in [5, 5.41) is 4.23. The molecular weight excluding hydrogens is 336 g/mol. The molecular formula is C18H26N4O2S. The molecule has 2 heterocycles. The molecule has 0 bridgehead atoms. The van der Waals surface area contributed by atoms with Gasteiger partial charge >= 0.3 is 0 Å². The average Bonchev–Trinajstić information content (AvgIpc) is 3.18. The van der Waals surface area contributed by atoms with E-state index in [0.29, 0.717) is 5.92 Å². The first-order valence-electron chi connectivity index (χ1n) is 8.73. The highest BCUT2D eigenvalue weighted by molar-refractivity contribution is 7.88. The average molecular weight is 362 g/mol. The second kappa shape index (κ2) is 7.68. The minimum absolute atomic E-state index is 0.0123. The van der Waals surface area contributed by atoms with Crippen molar-refractivity contribution in [1.29, 1.82) is 0 Å². The van der Waals surface area contributed by atoms with Gasteiger partial charge in [0.05, 0.1) is 11.9 Å². The molecule has 3 rings (SSSR count). The Balaban J connectivity index is 1.64. The first-order valence-corrected chi connectivity index (χ1v) is 10.6. The standard InChI is InChI=1S/C18H26N4O2S/c1-3-5-16-13-21(14-18(16)20-25(2,23)24)12-15-6-8-17(9-7-15)22-11-4-10-19-22/h4,6-11,16,18,20H,3,5,12-14H2,1-2H3. The molecule has 136 valence electrons. The normalized spacial score (nSPS) is 21.7. The molecule has 1 N–H and O–H groups in total. The van der Waals surface area contributed by atoms with E-state index in [1.165, 1.54) is 11.8 Å². The topological polar surface area (TPSA) is 67.2 Å². The molecule has 0 aliphatic carbocycles. The van der Waals surface area contributed by atoms with Crippen LogP contribution in [-0.4, -0.2) is 48.5 Å². The predicted octanol–water partition coefficient (Wildman–Crippen LogP) is 2.02. The van der Waals surface area contributed by atoms with Crippen LogP contribution in [0.25, 0.3) is 5.69 Å². The van der Waals surface area contributed by atoms with Crippen molar-refractivity contribution in [1.82, 2.24) is 19.4 Å². The molecule has 25 heavy (non-hydrogen) atoms. The third-order valence-corrected chi connectivity index (χ3v) is 5.38. The largest absolute Gasteiger partial charge is 0.297 e. The van der Waals surface area contributed by atoms with Crippen molar-refractivity contribution in [3.8, 4) is 5.69 Å². The molecule has 6 nitrogen and oxygen atoms in total. The van der Waals surface area contributed by atoms with E-state index in [2.05, 4.69) is 45.9 Å². The fraction of sp³-hybridized carbons (Fsp3) is 0.500. The molecule has 0 radical (unpaired) electrons. The Bertz CT molecular complexity index is 772. The zero-order valence-corrected chi connectivity index (χ0v) is 15.6. The van der Waals surface area contributed by atoms with E-state index in [4.69, 9.17) is 0 Å². The maximum absolute atomic E-state index is 11.6. The van der Waals surface area contributed by atoms with Crippen molar-refractivity contribution in [3.05, 3.63) is 48.3 Å². The Kier molecular flexibility index (Phi) is 5.56. The van der Waals surface area contributed by atoms with E-state index in [0.717, 1.165) is 38.2 Å². The summed E-state index contributed by atoms with van der Waals surface area (Å²) in [5.41, 5.74) is 2.27. The molecule has 1 aromatic carbocycles. The first-order chi connectivity index (χ1) is 11.9. The molecule has 2 unspecified atom stereocenters. The number of benzene rings is 1. The monoisotopic (exact) mass is 362 g/mol. The number of rotatable bonds is 7. The first kappa shape index (κ1) is 18.1. The summed E-state index contributed by atoms with van der Waals surface area (Å²) < 4.78 is 27.9. The predicted molar refractivity (Wildman–Crippen MR) is 99.0 cm³/mol. The van der Waals surface area contributed by atoms with Gasteiger partial charge in [-0.3, -0.25) is 4.90 Å². The zero-order valence-electron chi connectivity index (χ0n) is 14.8. The lowest BCUT2D eigenvalue weighted by molar-refractivity contribution is 0.312. The van der Waals surface area contributed by atoms with Crippen LogP contribution in [0, 0.1) is 5.92 Å². The van der Waals surface area contributed by atoms with Crippen molar-refractivity contribution in [2.75, 3.05) is 19.3 Å². The Hall–Kier alpha value is -1.70. The molecule has 1 fully saturated rings. The van der Waals surface area contributed by atoms with E-state index < -0.39 is 10.0 Å². The van der Waals surface area contributed by atoms with Gasteiger partial charge in [0.15, 0.2) is 0 Å². The highest BCUT2D eigenvalue weighted by Gasteiger charge is 2.33. The molecule has 0 saturated carbocycles. The van der Waals surface area contributed by atoms with Gasteiger partial charge in [-0.2, -0.15) is 5.10 Å². The summed E-state index contributed by atoms with van der Waals surface area (Å²) in [4.78, 5) is 2.34. The third-order valence-electron chi connectivity index (χ3n) is 4.65. The second-order valence-corrected chi connectivity index (χ2v) is 8.64. The summed E-state index contributed by atoms with van der Waals surface area (Å²) in [7, 11) is -3.17. The molecule has 1 aliphatic rings. The van der Waals surface area contributed by atoms with Gasteiger partial charge < -0.3 is 0 Å². The van der Waals surface area contributed by atoms with Crippen LogP contribution < -0.4 is 4.72 Å². The fourth-order valence-electron chi connectivity index (χ4n) is 3.60. The lowest BCUT2D eigenvalue weighted by Gasteiger charge is -2.17. The summed E-state index contributed by atoms with van der Waals surface area (Å²) in [6, 6.07) is 10.3. The van der Waals surface area contributed by atoms with Gasteiger partial charge in [-0.15, -0.1) is 0 Å². The van der Waals surface area contributed by atoms with Crippen LogP contribution in [0.2, 0.25) is 0 Å². The van der Waals surface area contributed by atoms with Crippen molar-refractivity contribution < 1.29 is 8.42 Å². The van der Waals surface area contributed by atoms with Crippen molar-refractivity contribution in [2.45, 2.75) is 32.4 Å². The second-order valence-electron chi connectivity index (χ2n) is 6.86. The van der Waals surface area contributed by atoms with Crippen molar-refractivity contribution >= 4 is 10.0 Å². The Morgan fingerprint density at radius 3 is 2.60 bits per heavy atom. The van der Waals surface area contributed by atoms with Gasteiger partial charge in [-0.25, -0.2) is 17.8 Å². The Morgan fingerprint density at radius 2 is 2.00 bits per heavy atom. The number of likely N-dealkylation sites (tertiary alicyclic amines) is 1. The Labute approximate surface area is 149 Å². The highest BCUT2D eigenvalue weighted by atomic mass is 32.2. The lowest BCUT2D eigenvalue weighted by Crippen LogP contribution is -2.39. The number of aromatic nitrogens is 2. The van der Waals surface area contributed by atoms with E-state index in [9.17, 15) is 8.42 Å². The van der Waals surface area contributed by atoms with Gasteiger partial charge in [-0.05, 0) is 36.1 Å². The van der Waals surface area contributed by atoms with Crippen molar-refractivity contribution in [2.24, 2.45) is 5.92 Å². The van der Waals surface area contributed by atoms with Crippen LogP contribution in [0.15, 0.2) is 42.7 Å². The Morgan fingerprint density at radius 1 is 1.24 bits per heavy atom. The van der Waals surface area contributed by atoms with Crippen LogP contribution in [0.3, 0.4) is 0 Å². The lowest BCUT2D eigenvalue weighted by atomic mass is 9.99. The molecule has 0 spiro atoms. The van der Waals surface area contributed by atoms with Gasteiger partial charge in [0, 0.05) is 38.1 Å². The smallest absolute Gasteiger partial charge is 0.209 e. The SMILES string of the molecule is CCCC1CN(Cc2ccc(-n3cccn3)cc2)CC1NS(C)(=O)=O. The van der Waals surface area contributed by atoms with Gasteiger partial charge in [0.1, 0.15) is 0 Å². The minimum Gasteiger partial charge on any atom is -0.297 e. The van der Waals surface area contributed by atoms with Gasteiger partial charge in [0.2, 0.25) is 10.0 Å². The number of hydrogen-bond acceptors (Lipinski definition) is 4. The quantitative estimate of drug-likeness (QED) is 0.818. The number of sulfonamides is 1. The maximum Gasteiger partial charge on any atom is 0.209 e. The molecule has 0 amide bonds. The van der Waals surface area contributed by atoms with Crippen LogP contribution in [0.5, 0.6) is 0 Å². The van der Waals surface area contributed by atoms with E-state index in [1.807, 2.05) is 16.9 Å². The van der Waals surface area contributed by atoms with Gasteiger partial charge in [0.25, 0.3) is 0 Å². The molecule has 7 heteroatoms. The molecule has 1 aliphatic heterocycles. The maximum atomic E-state index is 11.6. The zero-order chi connectivity index (χ0) is 17.9. The van der Waals surface area contributed by atoms with E-state index in [1.54, 1.807) is 6.20 Å².